The lowest BCUT2D eigenvalue weighted by Crippen LogP contribution is -2.17. The van der Waals surface area contributed by atoms with Crippen LogP contribution in [0.4, 0.5) is 5.13 Å². The normalized spacial score (nSPS) is 11.4. The third-order valence-corrected chi connectivity index (χ3v) is 7.17. The van der Waals surface area contributed by atoms with E-state index in [0.717, 1.165) is 11.1 Å². The minimum atomic E-state index is -3.52. The van der Waals surface area contributed by atoms with E-state index in [0.29, 0.717) is 20.9 Å². The van der Waals surface area contributed by atoms with Crippen LogP contribution in [0.1, 0.15) is 12.0 Å². The number of amides is 1. The van der Waals surface area contributed by atoms with Gasteiger partial charge in [0.1, 0.15) is 0 Å². The van der Waals surface area contributed by atoms with Gasteiger partial charge in [-0.25, -0.2) is 13.4 Å². The fourth-order valence-electron chi connectivity index (χ4n) is 2.39. The number of rotatable bonds is 6. The first-order valence-electron chi connectivity index (χ1n) is 8.25. The number of hydrogen-bond donors (Lipinski definition) is 1. The second kappa shape index (κ2) is 8.61. The fourth-order valence-corrected chi connectivity index (χ4v) is 4.67. The third-order valence-electron chi connectivity index (χ3n) is 3.94. The van der Waals surface area contributed by atoms with E-state index >= 15 is 0 Å². The number of sulfone groups is 1. The molecule has 28 heavy (non-hydrogen) atoms. The number of carbonyl (C=O) groups is 1. The molecule has 0 saturated heterocycles. The Kier molecular flexibility index (Phi) is 6.40. The van der Waals surface area contributed by atoms with Crippen LogP contribution in [0.5, 0.6) is 0 Å². The summed E-state index contributed by atoms with van der Waals surface area (Å²) in [7, 11) is -3.52. The van der Waals surface area contributed by atoms with Crippen LogP contribution in [0.2, 0.25) is 10.0 Å². The van der Waals surface area contributed by atoms with Crippen molar-refractivity contribution < 1.29 is 13.2 Å². The summed E-state index contributed by atoms with van der Waals surface area (Å²) >= 11 is 13.2. The molecule has 1 N–H and O–H groups in total. The van der Waals surface area contributed by atoms with Gasteiger partial charge in [0, 0.05) is 17.4 Å². The van der Waals surface area contributed by atoms with Gasteiger partial charge in [-0.2, -0.15) is 0 Å². The molecule has 0 bridgehead atoms. The molecule has 0 unspecified atom stereocenters. The van der Waals surface area contributed by atoms with Gasteiger partial charge in [-0.15, -0.1) is 11.3 Å². The van der Waals surface area contributed by atoms with E-state index in [2.05, 4.69) is 10.3 Å². The molecule has 0 aliphatic heterocycles. The Bertz CT molecular complexity index is 1110. The van der Waals surface area contributed by atoms with Crippen LogP contribution in [0.3, 0.4) is 0 Å². The van der Waals surface area contributed by atoms with Crippen LogP contribution in [0.15, 0.2) is 52.7 Å². The molecule has 0 fully saturated rings. The van der Waals surface area contributed by atoms with Crippen molar-refractivity contribution in [2.24, 2.45) is 0 Å². The molecule has 2 aromatic carbocycles. The van der Waals surface area contributed by atoms with E-state index in [1.165, 1.54) is 11.3 Å². The number of carbonyl (C=O) groups excluding carboxylic acids is 1. The van der Waals surface area contributed by atoms with Crippen molar-refractivity contribution in [3.63, 3.8) is 0 Å². The molecule has 3 aromatic rings. The predicted molar refractivity (Wildman–Crippen MR) is 114 cm³/mol. The first-order valence-corrected chi connectivity index (χ1v) is 11.5. The van der Waals surface area contributed by atoms with Crippen molar-refractivity contribution >= 4 is 55.4 Å². The molecule has 1 heterocycles. The van der Waals surface area contributed by atoms with Crippen LogP contribution in [-0.2, 0) is 14.6 Å². The topological polar surface area (TPSA) is 76.1 Å². The van der Waals surface area contributed by atoms with E-state index < -0.39 is 15.7 Å². The average molecular weight is 455 g/mol. The number of anilines is 1. The van der Waals surface area contributed by atoms with E-state index in [1.54, 1.807) is 47.8 Å². The molecule has 1 amide bonds. The highest BCUT2D eigenvalue weighted by Gasteiger charge is 2.17. The average Bonchev–Trinajstić information content (AvgIpc) is 3.11. The van der Waals surface area contributed by atoms with Crippen LogP contribution in [0.25, 0.3) is 11.3 Å². The molecule has 0 saturated carbocycles. The smallest absolute Gasteiger partial charge is 0.227 e. The number of benzene rings is 2. The third kappa shape index (κ3) is 5.11. The lowest BCUT2D eigenvalue weighted by Gasteiger charge is -2.05. The maximum atomic E-state index is 12.3. The molecule has 146 valence electrons. The first-order chi connectivity index (χ1) is 13.2. The highest BCUT2D eigenvalue weighted by atomic mass is 35.5. The van der Waals surface area contributed by atoms with E-state index in [9.17, 15) is 13.2 Å². The minimum Gasteiger partial charge on any atom is -0.302 e. The number of hydrogen-bond acceptors (Lipinski definition) is 5. The summed E-state index contributed by atoms with van der Waals surface area (Å²) in [6.45, 7) is 1.88. The molecule has 0 aliphatic rings. The summed E-state index contributed by atoms with van der Waals surface area (Å²) in [6.07, 6.45) is -0.155. The van der Waals surface area contributed by atoms with Crippen molar-refractivity contribution in [3.8, 4) is 11.3 Å². The Balaban J connectivity index is 1.61. The van der Waals surface area contributed by atoms with Gasteiger partial charge in [-0.3, -0.25) is 4.79 Å². The molecule has 0 radical (unpaired) electrons. The van der Waals surface area contributed by atoms with Crippen molar-refractivity contribution in [1.82, 2.24) is 4.98 Å². The van der Waals surface area contributed by atoms with Gasteiger partial charge >= 0.3 is 0 Å². The molecule has 5 nitrogen and oxygen atoms in total. The molecular weight excluding hydrogens is 439 g/mol. The zero-order chi connectivity index (χ0) is 20.3. The Morgan fingerprint density at radius 2 is 1.82 bits per heavy atom. The van der Waals surface area contributed by atoms with Gasteiger partial charge in [-0.05, 0) is 31.2 Å². The highest BCUT2D eigenvalue weighted by molar-refractivity contribution is 7.91. The molecule has 9 heteroatoms. The zero-order valence-electron chi connectivity index (χ0n) is 14.8. The van der Waals surface area contributed by atoms with Crippen LogP contribution >= 0.6 is 34.5 Å². The largest absolute Gasteiger partial charge is 0.302 e. The van der Waals surface area contributed by atoms with Crippen LogP contribution in [-0.4, -0.2) is 25.1 Å². The Morgan fingerprint density at radius 3 is 2.50 bits per heavy atom. The summed E-state index contributed by atoms with van der Waals surface area (Å²) in [4.78, 5) is 16.7. The van der Waals surface area contributed by atoms with E-state index in [-0.39, 0.29) is 17.1 Å². The van der Waals surface area contributed by atoms with Gasteiger partial charge in [0.25, 0.3) is 0 Å². The monoisotopic (exact) mass is 454 g/mol. The summed E-state index contributed by atoms with van der Waals surface area (Å²) in [5.74, 6) is -0.682. The van der Waals surface area contributed by atoms with Crippen LogP contribution < -0.4 is 5.32 Å². The standard InChI is InChI=1S/C19H16Cl2N2O3S2/c1-12-2-5-14(6-3-12)28(25,26)9-8-18(24)23-19-22-17(11-27-19)13-4-7-15(20)16(21)10-13/h2-7,10-11H,8-9H2,1H3,(H,22,23,24). The SMILES string of the molecule is Cc1ccc(S(=O)(=O)CCC(=O)Nc2nc(-c3ccc(Cl)c(Cl)c3)cs2)cc1. The summed E-state index contributed by atoms with van der Waals surface area (Å²) in [5.41, 5.74) is 2.39. The molecule has 3 rings (SSSR count). The first kappa shape index (κ1) is 20.8. The lowest BCUT2D eigenvalue weighted by atomic mass is 10.2. The summed E-state index contributed by atoms with van der Waals surface area (Å²) in [5, 5.41) is 5.66. The molecular formula is C19H16Cl2N2O3S2. The molecule has 0 atom stereocenters. The number of aromatic nitrogens is 1. The number of nitrogens with zero attached hydrogens (tertiary/aromatic N) is 1. The van der Waals surface area contributed by atoms with Gasteiger partial charge in [0.05, 0.1) is 26.4 Å². The van der Waals surface area contributed by atoms with Crippen LogP contribution in [0, 0.1) is 6.92 Å². The minimum absolute atomic E-state index is 0.155. The Hall–Kier alpha value is -1.93. The number of nitrogens with one attached hydrogen (secondary N) is 1. The molecule has 0 spiro atoms. The Labute approximate surface area is 177 Å². The van der Waals surface area contributed by atoms with Crippen molar-refractivity contribution in [3.05, 3.63) is 63.5 Å². The maximum Gasteiger partial charge on any atom is 0.227 e. The van der Waals surface area contributed by atoms with Gasteiger partial charge in [0.15, 0.2) is 15.0 Å². The van der Waals surface area contributed by atoms with E-state index in [4.69, 9.17) is 23.2 Å². The molecule has 1 aromatic heterocycles. The number of aryl methyl sites for hydroxylation is 1. The van der Waals surface area contributed by atoms with Gasteiger partial charge in [-0.1, -0.05) is 47.0 Å². The second-order valence-electron chi connectivity index (χ2n) is 6.10. The Morgan fingerprint density at radius 1 is 1.11 bits per heavy atom. The maximum absolute atomic E-state index is 12.3. The van der Waals surface area contributed by atoms with E-state index in [1.807, 2.05) is 6.92 Å². The lowest BCUT2D eigenvalue weighted by molar-refractivity contribution is -0.115. The van der Waals surface area contributed by atoms with Crippen molar-refractivity contribution in [2.75, 3.05) is 11.1 Å². The second-order valence-corrected chi connectivity index (χ2v) is 9.88. The molecule has 0 aliphatic carbocycles. The quantitative estimate of drug-likeness (QED) is 0.553. The predicted octanol–water partition coefficient (Wildman–Crippen LogP) is 5.23. The van der Waals surface area contributed by atoms with Crippen molar-refractivity contribution in [1.29, 1.82) is 0 Å². The van der Waals surface area contributed by atoms with Crippen molar-refractivity contribution in [2.45, 2.75) is 18.2 Å². The number of thiazole rings is 1. The van der Waals surface area contributed by atoms with Gasteiger partial charge < -0.3 is 5.32 Å². The summed E-state index contributed by atoms with van der Waals surface area (Å²) in [6, 6.07) is 11.7. The van der Waals surface area contributed by atoms with Gasteiger partial charge in [0.2, 0.25) is 5.91 Å². The fraction of sp³-hybridized carbons (Fsp3) is 0.158. The zero-order valence-corrected chi connectivity index (χ0v) is 17.9. The number of halogens is 2. The summed E-state index contributed by atoms with van der Waals surface area (Å²) < 4.78 is 24.7. The highest BCUT2D eigenvalue weighted by Crippen LogP contribution is 2.30.